The largest absolute Gasteiger partial charge is 0.435 e. The molecule has 1 fully saturated rings. The lowest BCUT2D eigenvalue weighted by Crippen LogP contribution is -2.53. The number of aliphatic hydroxyl groups is 1. The molecule has 2 aromatic rings. The van der Waals surface area contributed by atoms with Crippen LogP contribution < -0.4 is 5.32 Å². The van der Waals surface area contributed by atoms with E-state index in [2.05, 4.69) is 20.4 Å². The molecular formula is C18H26N4O4. The number of aryl methyl sites for hydroxylation is 4. The minimum absolute atomic E-state index is 0.229. The lowest BCUT2D eigenvalue weighted by atomic mass is 10.0. The van der Waals surface area contributed by atoms with E-state index in [1.165, 1.54) is 0 Å². The molecule has 3 rings (SSSR count). The Bertz CT molecular complexity index is 763. The molecule has 0 aliphatic carbocycles. The highest BCUT2D eigenvalue weighted by Gasteiger charge is 2.31. The summed E-state index contributed by atoms with van der Waals surface area (Å²) in [4.78, 5) is 18.8. The van der Waals surface area contributed by atoms with Gasteiger partial charge in [0.25, 0.3) is 5.91 Å². The summed E-state index contributed by atoms with van der Waals surface area (Å²) in [6, 6.07) is -0.307. The molecule has 0 bridgehead atoms. The van der Waals surface area contributed by atoms with Crippen molar-refractivity contribution in [2.75, 3.05) is 13.1 Å². The summed E-state index contributed by atoms with van der Waals surface area (Å²) in [5.74, 6) is 1.26. The number of carbonyl (C=O) groups excluding carboxylic acids is 1. The Morgan fingerprint density at radius 1 is 1.35 bits per heavy atom. The van der Waals surface area contributed by atoms with Crippen LogP contribution in [0.3, 0.4) is 0 Å². The molecule has 2 aromatic heterocycles. The number of rotatable bonds is 5. The zero-order chi connectivity index (χ0) is 18.8. The van der Waals surface area contributed by atoms with Gasteiger partial charge in [-0.2, -0.15) is 0 Å². The molecule has 1 amide bonds. The van der Waals surface area contributed by atoms with Crippen molar-refractivity contribution in [3.8, 4) is 0 Å². The molecular weight excluding hydrogens is 336 g/mol. The van der Waals surface area contributed by atoms with E-state index < -0.39 is 6.10 Å². The molecule has 8 heteroatoms. The van der Waals surface area contributed by atoms with Gasteiger partial charge in [0, 0.05) is 31.6 Å². The normalized spacial score (nSPS) is 21.1. The van der Waals surface area contributed by atoms with E-state index in [0.29, 0.717) is 37.5 Å². The first-order chi connectivity index (χ1) is 12.4. The third kappa shape index (κ3) is 3.81. The van der Waals surface area contributed by atoms with Gasteiger partial charge in [0.15, 0.2) is 5.89 Å². The van der Waals surface area contributed by atoms with Gasteiger partial charge in [0.05, 0.1) is 23.5 Å². The van der Waals surface area contributed by atoms with Gasteiger partial charge in [0.1, 0.15) is 5.76 Å². The first-order valence-electron chi connectivity index (χ1n) is 8.98. The summed E-state index contributed by atoms with van der Waals surface area (Å²) in [5.41, 5.74) is 2.51. The Balaban J connectivity index is 1.58. The summed E-state index contributed by atoms with van der Waals surface area (Å²) in [6.07, 6.45) is 0.642. The summed E-state index contributed by atoms with van der Waals surface area (Å²) in [5, 5.41) is 17.3. The molecule has 8 nitrogen and oxygen atoms in total. The smallest absolute Gasteiger partial charge is 0.289 e. The molecule has 142 valence electrons. The summed E-state index contributed by atoms with van der Waals surface area (Å²) in [7, 11) is 0. The highest BCUT2D eigenvalue weighted by atomic mass is 16.5. The standard InChI is InChI=1S/C18H26N4O4/c1-5-16-19-11(3)17(25-16)18(24)20-14-6-7-22(9-15(14)23)8-13-10(2)21-26-12(13)4/h14-15,23H,5-9H2,1-4H3,(H,20,24)/t14-,15-/m1/s1. The molecule has 0 radical (unpaired) electrons. The predicted molar refractivity (Wildman–Crippen MR) is 93.8 cm³/mol. The fraction of sp³-hybridized carbons (Fsp3) is 0.611. The quantitative estimate of drug-likeness (QED) is 0.831. The molecule has 0 unspecified atom stereocenters. The van der Waals surface area contributed by atoms with Gasteiger partial charge in [-0.25, -0.2) is 4.98 Å². The lowest BCUT2D eigenvalue weighted by molar-refractivity contribution is 0.0341. The maximum absolute atomic E-state index is 12.4. The molecule has 1 aliphatic rings. The molecule has 1 saturated heterocycles. The summed E-state index contributed by atoms with van der Waals surface area (Å²) >= 11 is 0. The van der Waals surface area contributed by atoms with E-state index >= 15 is 0 Å². The van der Waals surface area contributed by atoms with Crippen LogP contribution in [0.2, 0.25) is 0 Å². The zero-order valence-corrected chi connectivity index (χ0v) is 15.7. The van der Waals surface area contributed by atoms with E-state index in [1.807, 2.05) is 20.8 Å². The van der Waals surface area contributed by atoms with Gasteiger partial charge in [-0.1, -0.05) is 12.1 Å². The summed E-state index contributed by atoms with van der Waals surface area (Å²) in [6.45, 7) is 9.40. The van der Waals surface area contributed by atoms with Crippen LogP contribution in [0.4, 0.5) is 0 Å². The number of oxazole rings is 1. The van der Waals surface area contributed by atoms with Gasteiger partial charge in [-0.15, -0.1) is 0 Å². The number of aliphatic hydroxyl groups excluding tert-OH is 1. The molecule has 0 aromatic carbocycles. The minimum atomic E-state index is -0.651. The number of likely N-dealkylation sites (tertiary alicyclic amines) is 1. The Morgan fingerprint density at radius 2 is 2.12 bits per heavy atom. The number of hydrogen-bond acceptors (Lipinski definition) is 7. The Hall–Kier alpha value is -2.19. The van der Waals surface area contributed by atoms with Crippen molar-refractivity contribution in [1.82, 2.24) is 20.4 Å². The van der Waals surface area contributed by atoms with Crippen molar-refractivity contribution in [2.45, 2.75) is 59.2 Å². The van der Waals surface area contributed by atoms with E-state index in [-0.39, 0.29) is 17.7 Å². The molecule has 0 spiro atoms. The fourth-order valence-corrected chi connectivity index (χ4v) is 3.31. The lowest BCUT2D eigenvalue weighted by Gasteiger charge is -2.36. The van der Waals surface area contributed by atoms with Gasteiger partial charge >= 0.3 is 0 Å². The molecule has 2 N–H and O–H groups in total. The van der Waals surface area contributed by atoms with E-state index in [9.17, 15) is 9.90 Å². The number of aromatic nitrogens is 2. The van der Waals surface area contributed by atoms with Crippen LogP contribution in [0.25, 0.3) is 0 Å². The van der Waals surface area contributed by atoms with Crippen molar-refractivity contribution in [3.63, 3.8) is 0 Å². The van der Waals surface area contributed by atoms with Crippen molar-refractivity contribution in [1.29, 1.82) is 0 Å². The van der Waals surface area contributed by atoms with Crippen LogP contribution >= 0.6 is 0 Å². The molecule has 1 aliphatic heterocycles. The highest BCUT2D eigenvalue weighted by Crippen LogP contribution is 2.20. The Labute approximate surface area is 152 Å². The molecule has 3 heterocycles. The van der Waals surface area contributed by atoms with E-state index in [0.717, 1.165) is 23.6 Å². The van der Waals surface area contributed by atoms with Crippen LogP contribution in [0.1, 0.15) is 52.5 Å². The first-order valence-corrected chi connectivity index (χ1v) is 8.98. The highest BCUT2D eigenvalue weighted by molar-refractivity contribution is 5.92. The van der Waals surface area contributed by atoms with Gasteiger partial charge in [0.2, 0.25) is 5.76 Å². The number of amides is 1. The average Bonchev–Trinajstić information content (AvgIpc) is 3.14. The SMILES string of the molecule is CCc1nc(C)c(C(=O)N[C@@H]2CCN(Cc3c(C)noc3C)C[C@H]2O)o1. The number of nitrogens with one attached hydrogen (secondary N) is 1. The van der Waals surface area contributed by atoms with Crippen molar-refractivity contribution >= 4 is 5.91 Å². The minimum Gasteiger partial charge on any atom is -0.435 e. The van der Waals surface area contributed by atoms with Crippen LogP contribution in [-0.4, -0.2) is 51.3 Å². The maximum atomic E-state index is 12.4. The van der Waals surface area contributed by atoms with Crippen molar-refractivity contribution < 1.29 is 18.8 Å². The number of carbonyl (C=O) groups is 1. The molecule has 26 heavy (non-hydrogen) atoms. The van der Waals surface area contributed by atoms with Gasteiger partial charge in [-0.3, -0.25) is 9.69 Å². The first kappa shape index (κ1) is 18.6. The Morgan fingerprint density at radius 3 is 2.69 bits per heavy atom. The van der Waals surface area contributed by atoms with Crippen LogP contribution in [0.15, 0.2) is 8.94 Å². The number of piperidine rings is 1. The van der Waals surface area contributed by atoms with E-state index in [4.69, 9.17) is 8.94 Å². The van der Waals surface area contributed by atoms with Crippen molar-refractivity contribution in [2.24, 2.45) is 0 Å². The maximum Gasteiger partial charge on any atom is 0.289 e. The second kappa shape index (κ2) is 7.59. The van der Waals surface area contributed by atoms with Gasteiger partial charge < -0.3 is 19.4 Å². The van der Waals surface area contributed by atoms with Crippen LogP contribution in [0, 0.1) is 20.8 Å². The predicted octanol–water partition coefficient (Wildman–Crippen LogP) is 1.52. The second-order valence-corrected chi connectivity index (χ2v) is 6.85. The van der Waals surface area contributed by atoms with Crippen LogP contribution in [-0.2, 0) is 13.0 Å². The van der Waals surface area contributed by atoms with Crippen LogP contribution in [0.5, 0.6) is 0 Å². The molecule has 0 saturated carbocycles. The molecule has 2 atom stereocenters. The number of nitrogens with zero attached hydrogens (tertiary/aromatic N) is 3. The van der Waals surface area contributed by atoms with Crippen molar-refractivity contribution in [3.05, 3.63) is 34.4 Å². The third-order valence-corrected chi connectivity index (χ3v) is 4.90. The number of hydrogen-bond donors (Lipinski definition) is 2. The fourth-order valence-electron chi connectivity index (χ4n) is 3.31. The zero-order valence-electron chi connectivity index (χ0n) is 15.7. The third-order valence-electron chi connectivity index (χ3n) is 4.90. The summed E-state index contributed by atoms with van der Waals surface area (Å²) < 4.78 is 10.7. The second-order valence-electron chi connectivity index (χ2n) is 6.85. The number of β-amino-alcohol motifs (C(OH)–C–C–N with tert-alkyl or cyclic N) is 1. The van der Waals surface area contributed by atoms with Gasteiger partial charge in [-0.05, 0) is 27.2 Å². The average molecular weight is 362 g/mol. The Kier molecular flexibility index (Phi) is 5.43. The monoisotopic (exact) mass is 362 g/mol. The topological polar surface area (TPSA) is 105 Å². The van der Waals surface area contributed by atoms with E-state index in [1.54, 1.807) is 6.92 Å².